The molecule has 0 spiro atoms. The predicted molar refractivity (Wildman–Crippen MR) is 149 cm³/mol. The second-order valence-corrected chi connectivity index (χ2v) is 9.94. The molecule has 2 amide bonds. The third-order valence-corrected chi connectivity index (χ3v) is 7.12. The first kappa shape index (κ1) is 28.1. The van der Waals surface area contributed by atoms with Crippen LogP contribution in [0.25, 0.3) is 11.1 Å². The number of benzene rings is 3. The summed E-state index contributed by atoms with van der Waals surface area (Å²) in [6.07, 6.45) is -0.927. The van der Waals surface area contributed by atoms with Crippen LogP contribution in [0, 0.1) is 5.92 Å². The molecule has 206 valence electrons. The largest absolute Gasteiger partial charge is 0.497 e. The zero-order chi connectivity index (χ0) is 27.9. The normalized spacial score (nSPS) is 18.3. The highest BCUT2D eigenvalue weighted by atomic mass is 16.6. The van der Waals surface area contributed by atoms with Crippen molar-refractivity contribution in [3.05, 3.63) is 83.9 Å². The predicted octanol–water partition coefficient (Wildman–Crippen LogP) is 4.85. The average Bonchev–Trinajstić information content (AvgIpc) is 2.98. The Bertz CT molecular complexity index is 1280. The monoisotopic (exact) mass is 532 g/mol. The third kappa shape index (κ3) is 6.58. The van der Waals surface area contributed by atoms with E-state index >= 15 is 0 Å². The second kappa shape index (κ2) is 12.8. The van der Waals surface area contributed by atoms with Crippen molar-refractivity contribution in [3.8, 4) is 22.6 Å². The van der Waals surface area contributed by atoms with Gasteiger partial charge >= 0.3 is 6.09 Å². The van der Waals surface area contributed by atoms with Crippen molar-refractivity contribution in [2.24, 2.45) is 5.92 Å². The molecule has 39 heavy (non-hydrogen) atoms. The van der Waals surface area contributed by atoms with Gasteiger partial charge in [0.15, 0.2) is 0 Å². The first-order chi connectivity index (χ1) is 18.8. The van der Waals surface area contributed by atoms with Crippen LogP contribution in [0.2, 0.25) is 0 Å². The van der Waals surface area contributed by atoms with Crippen LogP contribution in [0.15, 0.2) is 72.8 Å². The highest BCUT2D eigenvalue weighted by molar-refractivity contribution is 6.01. The van der Waals surface area contributed by atoms with Gasteiger partial charge in [-0.3, -0.25) is 4.79 Å². The van der Waals surface area contributed by atoms with E-state index < -0.39 is 18.2 Å². The van der Waals surface area contributed by atoms with Gasteiger partial charge in [-0.1, -0.05) is 49.4 Å². The van der Waals surface area contributed by atoms with E-state index in [1.54, 1.807) is 43.3 Å². The van der Waals surface area contributed by atoms with Crippen LogP contribution in [0.3, 0.4) is 0 Å². The number of amides is 2. The number of aliphatic hydroxyl groups is 1. The van der Waals surface area contributed by atoms with Crippen LogP contribution < -0.4 is 9.47 Å². The molecule has 0 unspecified atom stereocenters. The Balaban J connectivity index is 1.62. The maximum Gasteiger partial charge on any atom is 0.415 e. The lowest BCUT2D eigenvalue weighted by molar-refractivity contribution is -0.0205. The SMILES string of the molecule is COc1ccc(OC(=O)N(C)C[C@@H]2OCc3ccccc3-c3ccccc3C(=O)N([C@H](C)CO)C[C@@H]2C)cc1. The van der Waals surface area contributed by atoms with Gasteiger partial charge in [-0.15, -0.1) is 0 Å². The second-order valence-electron chi connectivity index (χ2n) is 9.94. The van der Waals surface area contributed by atoms with Crippen LogP contribution in [0.5, 0.6) is 11.5 Å². The molecule has 1 N–H and O–H groups in total. The molecule has 3 aromatic carbocycles. The number of methoxy groups -OCH3 is 1. The number of aliphatic hydroxyl groups excluding tert-OH is 1. The summed E-state index contributed by atoms with van der Waals surface area (Å²) in [6, 6.07) is 21.8. The Kier molecular flexibility index (Phi) is 9.22. The molecule has 1 aliphatic heterocycles. The quantitative estimate of drug-likeness (QED) is 0.488. The van der Waals surface area contributed by atoms with Gasteiger partial charge < -0.3 is 29.1 Å². The van der Waals surface area contributed by atoms with Gasteiger partial charge in [-0.05, 0) is 53.9 Å². The topological polar surface area (TPSA) is 88.5 Å². The van der Waals surface area contributed by atoms with E-state index in [4.69, 9.17) is 14.2 Å². The van der Waals surface area contributed by atoms with Crippen molar-refractivity contribution < 1.29 is 28.9 Å². The number of fused-ring (bicyclic) bond motifs is 3. The smallest absolute Gasteiger partial charge is 0.415 e. The Labute approximate surface area is 229 Å². The van der Waals surface area contributed by atoms with Gasteiger partial charge in [0, 0.05) is 25.1 Å². The minimum absolute atomic E-state index is 0.151. The lowest BCUT2D eigenvalue weighted by Gasteiger charge is -2.35. The average molecular weight is 533 g/mol. The Hall–Kier alpha value is -3.88. The summed E-state index contributed by atoms with van der Waals surface area (Å²) in [4.78, 5) is 30.0. The van der Waals surface area contributed by atoms with Crippen LogP contribution >= 0.6 is 0 Å². The molecule has 1 heterocycles. The molecule has 3 aromatic rings. The van der Waals surface area contributed by atoms with Crippen LogP contribution in [-0.4, -0.2) is 72.9 Å². The fourth-order valence-corrected chi connectivity index (χ4v) is 4.72. The summed E-state index contributed by atoms with van der Waals surface area (Å²) in [5, 5.41) is 10.00. The molecule has 1 aliphatic rings. The van der Waals surface area contributed by atoms with Crippen molar-refractivity contribution in [1.82, 2.24) is 9.80 Å². The Morgan fingerprint density at radius 3 is 2.31 bits per heavy atom. The summed E-state index contributed by atoms with van der Waals surface area (Å²) < 4.78 is 17.2. The molecule has 0 bridgehead atoms. The van der Waals surface area contributed by atoms with E-state index in [0.29, 0.717) is 30.2 Å². The molecule has 4 rings (SSSR count). The number of likely N-dealkylation sites (N-methyl/N-ethyl adjacent to an activating group) is 1. The lowest BCUT2D eigenvalue weighted by Crippen LogP contribution is -2.47. The van der Waals surface area contributed by atoms with E-state index in [1.807, 2.05) is 62.4 Å². The molecule has 3 atom stereocenters. The van der Waals surface area contributed by atoms with Crippen molar-refractivity contribution in [2.45, 2.75) is 32.6 Å². The van der Waals surface area contributed by atoms with Gasteiger partial charge in [0.25, 0.3) is 5.91 Å². The van der Waals surface area contributed by atoms with Gasteiger partial charge in [0.1, 0.15) is 11.5 Å². The minimum atomic E-state index is -0.519. The zero-order valence-corrected chi connectivity index (χ0v) is 22.9. The number of hydrogen-bond donors (Lipinski definition) is 1. The summed E-state index contributed by atoms with van der Waals surface area (Å²) in [5.74, 6) is 0.768. The van der Waals surface area contributed by atoms with Gasteiger partial charge in [0.2, 0.25) is 0 Å². The van der Waals surface area contributed by atoms with Crippen molar-refractivity contribution in [2.75, 3.05) is 33.9 Å². The number of carbonyl (C=O) groups is 2. The molecule has 0 radical (unpaired) electrons. The molecule has 0 fully saturated rings. The lowest BCUT2D eigenvalue weighted by atomic mass is 9.94. The number of hydrogen-bond acceptors (Lipinski definition) is 6. The van der Waals surface area contributed by atoms with Crippen LogP contribution in [-0.2, 0) is 11.3 Å². The van der Waals surface area contributed by atoms with E-state index in [9.17, 15) is 14.7 Å². The molecule has 8 nitrogen and oxygen atoms in total. The number of rotatable bonds is 6. The van der Waals surface area contributed by atoms with E-state index in [0.717, 1.165) is 16.7 Å². The summed E-state index contributed by atoms with van der Waals surface area (Å²) >= 11 is 0. The maximum absolute atomic E-state index is 13.9. The molecular formula is C31H36N2O6. The summed E-state index contributed by atoms with van der Waals surface area (Å²) in [7, 11) is 3.24. The van der Waals surface area contributed by atoms with E-state index in [2.05, 4.69) is 0 Å². The Morgan fingerprint density at radius 1 is 1.03 bits per heavy atom. The summed E-state index contributed by atoms with van der Waals surface area (Å²) in [6.45, 7) is 4.56. The number of ether oxygens (including phenoxy) is 3. The number of nitrogens with zero attached hydrogens (tertiary/aromatic N) is 2. The van der Waals surface area contributed by atoms with Gasteiger partial charge in [0.05, 0.1) is 39.0 Å². The Morgan fingerprint density at radius 2 is 1.64 bits per heavy atom. The van der Waals surface area contributed by atoms with Crippen molar-refractivity contribution in [3.63, 3.8) is 0 Å². The highest BCUT2D eigenvalue weighted by Crippen LogP contribution is 2.31. The van der Waals surface area contributed by atoms with Crippen LogP contribution in [0.4, 0.5) is 4.79 Å². The molecule has 8 heteroatoms. The first-order valence-corrected chi connectivity index (χ1v) is 13.1. The highest BCUT2D eigenvalue weighted by Gasteiger charge is 2.31. The maximum atomic E-state index is 13.9. The van der Waals surface area contributed by atoms with Crippen molar-refractivity contribution >= 4 is 12.0 Å². The van der Waals surface area contributed by atoms with Gasteiger partial charge in [-0.2, -0.15) is 0 Å². The van der Waals surface area contributed by atoms with Crippen molar-refractivity contribution in [1.29, 1.82) is 0 Å². The third-order valence-electron chi connectivity index (χ3n) is 7.12. The minimum Gasteiger partial charge on any atom is -0.497 e. The first-order valence-electron chi connectivity index (χ1n) is 13.1. The van der Waals surface area contributed by atoms with E-state index in [-0.39, 0.29) is 25.0 Å². The van der Waals surface area contributed by atoms with Crippen LogP contribution in [0.1, 0.15) is 29.8 Å². The van der Waals surface area contributed by atoms with Gasteiger partial charge in [-0.25, -0.2) is 4.79 Å². The standard InChI is InChI=1S/C31H36N2O6/c1-21-17-33(22(2)19-34)30(35)28-12-8-7-11-27(28)26-10-6-5-9-23(26)20-38-29(21)18-32(3)31(36)39-25-15-13-24(37-4)14-16-25/h5-16,21-22,29,34H,17-20H2,1-4H3/t21-,22+,29-/m0/s1. The molecule has 0 aliphatic carbocycles. The summed E-state index contributed by atoms with van der Waals surface area (Å²) in [5.41, 5.74) is 3.26. The molecule has 0 saturated carbocycles. The fourth-order valence-electron chi connectivity index (χ4n) is 4.72. The van der Waals surface area contributed by atoms with E-state index in [1.165, 1.54) is 4.90 Å². The molecule has 0 saturated heterocycles. The molecular weight excluding hydrogens is 496 g/mol. The zero-order valence-electron chi connectivity index (χ0n) is 22.9. The molecule has 0 aromatic heterocycles. The fraction of sp³-hybridized carbons (Fsp3) is 0.355. The number of carbonyl (C=O) groups excluding carboxylic acids is 2.